The molecule has 0 bridgehead atoms. The molecular formula is C16H20F2N2O. The van der Waals surface area contributed by atoms with Gasteiger partial charge in [-0.05, 0) is 24.5 Å². The average Bonchev–Trinajstić information content (AvgIpc) is 2.95. The Morgan fingerprint density at radius 2 is 2.10 bits per heavy atom. The Hall–Kier alpha value is -1.91. The summed E-state index contributed by atoms with van der Waals surface area (Å²) in [5.41, 5.74) is 0.590. The van der Waals surface area contributed by atoms with Gasteiger partial charge in [0.1, 0.15) is 0 Å². The monoisotopic (exact) mass is 294 g/mol. The molecule has 1 atom stereocenters. The standard InChI is InChI=1S/C16H20F2N2O/c1-3-4-7-12-8-5-6-9-13(12)20-14(21)19-11-15(2)10-16(15,17)18/h3,5-6,8-9H,1,4,7,10-11H2,2H3,(H2,19,20,21). The molecule has 1 unspecified atom stereocenters. The summed E-state index contributed by atoms with van der Waals surface area (Å²) >= 11 is 0. The average molecular weight is 294 g/mol. The fourth-order valence-corrected chi connectivity index (χ4v) is 2.20. The highest BCUT2D eigenvalue weighted by Crippen LogP contribution is 2.59. The van der Waals surface area contributed by atoms with Gasteiger partial charge in [0.05, 0.1) is 5.41 Å². The number of aryl methyl sites for hydroxylation is 1. The van der Waals surface area contributed by atoms with Crippen LogP contribution < -0.4 is 10.6 Å². The van der Waals surface area contributed by atoms with Crippen molar-refractivity contribution in [1.82, 2.24) is 5.32 Å². The maximum absolute atomic E-state index is 13.1. The molecule has 0 spiro atoms. The largest absolute Gasteiger partial charge is 0.337 e. The van der Waals surface area contributed by atoms with Crippen LogP contribution in [0.25, 0.3) is 0 Å². The maximum atomic E-state index is 13.1. The van der Waals surface area contributed by atoms with Gasteiger partial charge in [-0.15, -0.1) is 6.58 Å². The number of para-hydroxylation sites is 1. The maximum Gasteiger partial charge on any atom is 0.319 e. The summed E-state index contributed by atoms with van der Waals surface area (Å²) in [5.74, 6) is -2.66. The minimum absolute atomic E-state index is 0.0271. The van der Waals surface area contributed by atoms with Crippen LogP contribution in [0, 0.1) is 5.41 Å². The van der Waals surface area contributed by atoms with Crippen LogP contribution in [0.15, 0.2) is 36.9 Å². The third-order valence-corrected chi connectivity index (χ3v) is 3.89. The van der Waals surface area contributed by atoms with Gasteiger partial charge in [-0.2, -0.15) is 0 Å². The van der Waals surface area contributed by atoms with Gasteiger partial charge in [-0.25, -0.2) is 13.6 Å². The molecule has 0 saturated heterocycles. The Balaban J connectivity index is 1.89. The zero-order chi connectivity index (χ0) is 15.5. The van der Waals surface area contributed by atoms with E-state index in [1.165, 1.54) is 6.92 Å². The van der Waals surface area contributed by atoms with Crippen molar-refractivity contribution in [1.29, 1.82) is 0 Å². The van der Waals surface area contributed by atoms with Gasteiger partial charge in [0.2, 0.25) is 0 Å². The van der Waals surface area contributed by atoms with E-state index in [1.807, 2.05) is 24.3 Å². The summed E-state index contributed by atoms with van der Waals surface area (Å²) in [6, 6.07) is 6.99. The van der Waals surface area contributed by atoms with E-state index in [-0.39, 0.29) is 13.0 Å². The molecule has 1 saturated carbocycles. The normalized spacial score (nSPS) is 22.4. The molecule has 3 nitrogen and oxygen atoms in total. The molecule has 1 aromatic rings. The molecule has 0 aromatic heterocycles. The number of hydrogen-bond donors (Lipinski definition) is 2. The molecule has 2 N–H and O–H groups in total. The topological polar surface area (TPSA) is 41.1 Å². The van der Waals surface area contributed by atoms with Crippen molar-refractivity contribution in [2.75, 3.05) is 11.9 Å². The second-order valence-electron chi connectivity index (χ2n) is 5.73. The number of hydrogen-bond acceptors (Lipinski definition) is 1. The van der Waals surface area contributed by atoms with Gasteiger partial charge in [-0.3, -0.25) is 0 Å². The van der Waals surface area contributed by atoms with Crippen LogP contribution in [0.5, 0.6) is 0 Å². The first-order valence-corrected chi connectivity index (χ1v) is 6.99. The number of allylic oxidation sites excluding steroid dienone is 1. The number of carbonyl (C=O) groups excluding carboxylic acids is 1. The van der Waals surface area contributed by atoms with Crippen molar-refractivity contribution >= 4 is 11.7 Å². The van der Waals surface area contributed by atoms with Crippen LogP contribution in [0.4, 0.5) is 19.3 Å². The van der Waals surface area contributed by atoms with Gasteiger partial charge in [0, 0.05) is 18.7 Å². The predicted molar refractivity (Wildman–Crippen MR) is 79.7 cm³/mol. The molecule has 1 aliphatic carbocycles. The number of nitrogens with one attached hydrogen (secondary N) is 2. The Morgan fingerprint density at radius 1 is 1.43 bits per heavy atom. The molecule has 1 fully saturated rings. The molecule has 5 heteroatoms. The van der Waals surface area contributed by atoms with Crippen molar-refractivity contribution in [2.24, 2.45) is 5.41 Å². The third-order valence-electron chi connectivity index (χ3n) is 3.89. The van der Waals surface area contributed by atoms with Gasteiger partial charge in [-0.1, -0.05) is 31.2 Å². The predicted octanol–water partition coefficient (Wildman–Crippen LogP) is 3.97. The van der Waals surface area contributed by atoms with Gasteiger partial charge in [0.25, 0.3) is 5.92 Å². The quantitative estimate of drug-likeness (QED) is 0.766. The van der Waals surface area contributed by atoms with Crippen LogP contribution in [-0.4, -0.2) is 18.5 Å². The summed E-state index contributed by atoms with van der Waals surface area (Å²) in [6.07, 6.45) is 3.23. The van der Waals surface area contributed by atoms with E-state index in [1.54, 1.807) is 6.07 Å². The zero-order valence-corrected chi connectivity index (χ0v) is 12.1. The van der Waals surface area contributed by atoms with E-state index in [9.17, 15) is 13.6 Å². The summed E-state index contributed by atoms with van der Waals surface area (Å²) in [7, 11) is 0. The summed E-state index contributed by atoms with van der Waals surface area (Å²) in [6.45, 7) is 5.12. The first kappa shape index (κ1) is 15.5. The number of alkyl halides is 2. The van der Waals surface area contributed by atoms with E-state index in [4.69, 9.17) is 0 Å². The van der Waals surface area contributed by atoms with Crippen molar-refractivity contribution in [3.05, 3.63) is 42.5 Å². The smallest absolute Gasteiger partial charge is 0.319 e. The lowest BCUT2D eigenvalue weighted by Gasteiger charge is -2.14. The Bertz CT molecular complexity index is 545. The van der Waals surface area contributed by atoms with Gasteiger partial charge in [0.15, 0.2) is 0 Å². The van der Waals surface area contributed by atoms with E-state index in [0.29, 0.717) is 5.69 Å². The number of benzene rings is 1. The highest BCUT2D eigenvalue weighted by Gasteiger charge is 2.67. The molecular weight excluding hydrogens is 274 g/mol. The molecule has 0 aliphatic heterocycles. The number of carbonyl (C=O) groups is 1. The van der Waals surface area contributed by atoms with Crippen LogP contribution in [0.1, 0.15) is 25.3 Å². The first-order chi connectivity index (χ1) is 9.88. The second-order valence-corrected chi connectivity index (χ2v) is 5.73. The van der Waals surface area contributed by atoms with Crippen molar-refractivity contribution < 1.29 is 13.6 Å². The van der Waals surface area contributed by atoms with Gasteiger partial charge < -0.3 is 10.6 Å². The molecule has 2 amide bonds. The molecule has 1 aliphatic rings. The van der Waals surface area contributed by atoms with Gasteiger partial charge >= 0.3 is 6.03 Å². The van der Waals surface area contributed by atoms with Crippen molar-refractivity contribution in [2.45, 2.75) is 32.1 Å². The SMILES string of the molecule is C=CCCc1ccccc1NC(=O)NCC1(C)CC1(F)F. The highest BCUT2D eigenvalue weighted by atomic mass is 19.3. The summed E-state index contributed by atoms with van der Waals surface area (Å²) in [4.78, 5) is 11.8. The third kappa shape index (κ3) is 3.60. The Kier molecular flexibility index (Phi) is 4.30. The van der Waals surface area contributed by atoms with Crippen LogP contribution in [-0.2, 0) is 6.42 Å². The van der Waals surface area contributed by atoms with Crippen LogP contribution in [0.3, 0.4) is 0 Å². The number of halogens is 2. The van der Waals surface area contributed by atoms with Crippen molar-refractivity contribution in [3.8, 4) is 0 Å². The minimum Gasteiger partial charge on any atom is -0.337 e. The van der Waals surface area contributed by atoms with Crippen LogP contribution >= 0.6 is 0 Å². The van der Waals surface area contributed by atoms with Crippen molar-refractivity contribution in [3.63, 3.8) is 0 Å². The van der Waals surface area contributed by atoms with E-state index < -0.39 is 17.4 Å². The number of urea groups is 1. The number of amides is 2. The lowest BCUT2D eigenvalue weighted by molar-refractivity contribution is 0.0709. The number of anilines is 1. The molecule has 0 heterocycles. The summed E-state index contributed by atoms with van der Waals surface area (Å²) in [5, 5.41) is 5.24. The molecule has 21 heavy (non-hydrogen) atoms. The molecule has 1 aromatic carbocycles. The summed E-state index contributed by atoms with van der Waals surface area (Å²) < 4.78 is 26.2. The lowest BCUT2D eigenvalue weighted by Crippen LogP contribution is -2.35. The first-order valence-electron chi connectivity index (χ1n) is 6.99. The fraction of sp³-hybridized carbons (Fsp3) is 0.438. The second kappa shape index (κ2) is 5.84. The van der Waals surface area contributed by atoms with Crippen LogP contribution in [0.2, 0.25) is 0 Å². The molecule has 2 rings (SSSR count). The lowest BCUT2D eigenvalue weighted by atomic mass is 10.1. The zero-order valence-electron chi connectivity index (χ0n) is 12.1. The number of rotatable bonds is 6. The molecule has 0 radical (unpaired) electrons. The van der Waals surface area contributed by atoms with E-state index >= 15 is 0 Å². The van der Waals surface area contributed by atoms with E-state index in [2.05, 4.69) is 17.2 Å². The fourth-order valence-electron chi connectivity index (χ4n) is 2.20. The Morgan fingerprint density at radius 3 is 2.71 bits per heavy atom. The van der Waals surface area contributed by atoms with E-state index in [0.717, 1.165) is 18.4 Å². The minimum atomic E-state index is -2.66. The molecule has 114 valence electrons. The highest BCUT2D eigenvalue weighted by molar-refractivity contribution is 5.90. The Labute approximate surface area is 123 Å².